The molecule has 0 radical (unpaired) electrons. The Labute approximate surface area is 133 Å². The van der Waals surface area contributed by atoms with Gasteiger partial charge in [-0.1, -0.05) is 17.3 Å². The number of amides is 1. The number of carbonyl (C=O) groups excluding carboxylic acids is 1. The summed E-state index contributed by atoms with van der Waals surface area (Å²) >= 11 is 0. The number of aryl methyl sites for hydroxylation is 1. The van der Waals surface area contributed by atoms with E-state index in [1.54, 1.807) is 0 Å². The lowest BCUT2D eigenvalue weighted by Crippen LogP contribution is -2.38. The average molecular weight is 318 g/mol. The van der Waals surface area contributed by atoms with Crippen molar-refractivity contribution in [2.75, 3.05) is 6.61 Å². The van der Waals surface area contributed by atoms with E-state index in [0.29, 0.717) is 6.61 Å². The lowest BCUT2D eigenvalue weighted by Gasteiger charge is -2.15. The third kappa shape index (κ3) is 5.10. The third-order valence-corrected chi connectivity index (χ3v) is 2.96. The van der Waals surface area contributed by atoms with E-state index in [0.717, 1.165) is 11.3 Å². The van der Waals surface area contributed by atoms with Gasteiger partial charge in [0.25, 0.3) is 0 Å². The number of aromatic nitrogens is 3. The molecule has 1 aromatic carbocycles. The van der Waals surface area contributed by atoms with Crippen LogP contribution in [0.1, 0.15) is 23.0 Å². The number of nitrogens with zero attached hydrogens (tertiary/aromatic N) is 3. The average Bonchev–Trinajstić information content (AvgIpc) is 2.94. The summed E-state index contributed by atoms with van der Waals surface area (Å²) in [5.74, 6) is -0.739. The lowest BCUT2D eigenvalue weighted by molar-refractivity contribution is -0.122. The number of hydrogen-bond acceptors (Lipinski definition) is 5. The summed E-state index contributed by atoms with van der Waals surface area (Å²) in [6, 6.07) is 7.44. The highest BCUT2D eigenvalue weighted by atomic mass is 16.5. The zero-order valence-electron chi connectivity index (χ0n) is 12.9. The van der Waals surface area contributed by atoms with Gasteiger partial charge in [-0.25, -0.2) is 9.48 Å². The molecule has 122 valence electrons. The monoisotopic (exact) mass is 318 g/mol. The quantitative estimate of drug-likeness (QED) is 0.784. The van der Waals surface area contributed by atoms with Crippen molar-refractivity contribution < 1.29 is 19.4 Å². The molecule has 2 aromatic rings. The van der Waals surface area contributed by atoms with E-state index in [1.807, 2.05) is 38.1 Å². The molecule has 23 heavy (non-hydrogen) atoms. The summed E-state index contributed by atoms with van der Waals surface area (Å²) in [6.07, 6.45) is 1.20. The van der Waals surface area contributed by atoms with E-state index < -0.39 is 5.97 Å². The summed E-state index contributed by atoms with van der Waals surface area (Å²) in [5.41, 5.74) is 0.897. The van der Waals surface area contributed by atoms with E-state index in [1.165, 1.54) is 10.9 Å². The molecule has 0 aliphatic heterocycles. The van der Waals surface area contributed by atoms with Gasteiger partial charge in [-0.05, 0) is 31.5 Å². The molecule has 0 fully saturated rings. The van der Waals surface area contributed by atoms with Crippen LogP contribution >= 0.6 is 0 Å². The molecule has 0 aliphatic carbocycles. The Morgan fingerprint density at radius 2 is 2.22 bits per heavy atom. The predicted molar refractivity (Wildman–Crippen MR) is 81.3 cm³/mol. The van der Waals surface area contributed by atoms with Crippen molar-refractivity contribution in [1.29, 1.82) is 0 Å². The molecule has 1 aromatic heterocycles. The molecule has 1 atom stereocenters. The van der Waals surface area contributed by atoms with Crippen molar-refractivity contribution in [2.45, 2.75) is 26.4 Å². The van der Waals surface area contributed by atoms with Gasteiger partial charge in [0, 0.05) is 0 Å². The first-order valence-electron chi connectivity index (χ1n) is 7.06. The third-order valence-electron chi connectivity index (χ3n) is 2.96. The number of ether oxygens (including phenoxy) is 1. The van der Waals surface area contributed by atoms with Crippen molar-refractivity contribution in [2.24, 2.45) is 0 Å². The molecule has 2 rings (SSSR count). The number of nitrogens with one attached hydrogen (secondary N) is 1. The first-order chi connectivity index (χ1) is 10.9. The Morgan fingerprint density at radius 3 is 2.87 bits per heavy atom. The Balaban J connectivity index is 1.78. The topological polar surface area (TPSA) is 106 Å². The highest BCUT2D eigenvalue weighted by Crippen LogP contribution is 2.12. The molecule has 8 nitrogen and oxygen atoms in total. The SMILES string of the molecule is Cc1cccc(OCC(C)NC(=O)Cn2cc(C(=O)O)nn2)c1. The van der Waals surface area contributed by atoms with Crippen molar-refractivity contribution in [3.63, 3.8) is 0 Å². The summed E-state index contributed by atoms with van der Waals surface area (Å²) < 4.78 is 6.78. The van der Waals surface area contributed by atoms with E-state index in [4.69, 9.17) is 9.84 Å². The van der Waals surface area contributed by atoms with Gasteiger partial charge in [-0.15, -0.1) is 5.10 Å². The summed E-state index contributed by atoms with van der Waals surface area (Å²) in [5, 5.41) is 18.5. The van der Waals surface area contributed by atoms with Crippen LogP contribution in [0.4, 0.5) is 0 Å². The van der Waals surface area contributed by atoms with Gasteiger partial charge >= 0.3 is 5.97 Å². The fraction of sp³-hybridized carbons (Fsp3) is 0.333. The molecule has 2 N–H and O–H groups in total. The second-order valence-corrected chi connectivity index (χ2v) is 5.20. The zero-order valence-corrected chi connectivity index (χ0v) is 12.9. The number of carboxylic acids is 1. The first kappa shape index (κ1) is 16.5. The van der Waals surface area contributed by atoms with Crippen molar-refractivity contribution in [3.8, 4) is 5.75 Å². The van der Waals surface area contributed by atoms with E-state index in [2.05, 4.69) is 15.6 Å². The van der Waals surface area contributed by atoms with Crippen LogP contribution < -0.4 is 10.1 Å². The fourth-order valence-electron chi connectivity index (χ4n) is 1.91. The smallest absolute Gasteiger partial charge is 0.358 e. The Hall–Kier alpha value is -2.90. The number of carboxylic acid groups (broad SMARTS) is 1. The predicted octanol–water partition coefficient (Wildman–Crippen LogP) is 0.868. The fourth-order valence-corrected chi connectivity index (χ4v) is 1.91. The maximum absolute atomic E-state index is 11.9. The van der Waals surface area contributed by atoms with E-state index in [-0.39, 0.29) is 24.2 Å². The molecule has 0 aliphatic rings. The first-order valence-corrected chi connectivity index (χ1v) is 7.06. The molecular formula is C15H18N4O4. The summed E-state index contributed by atoms with van der Waals surface area (Å²) in [6.45, 7) is 4.02. The second kappa shape index (κ2) is 7.39. The van der Waals surface area contributed by atoms with Gasteiger partial charge < -0.3 is 15.2 Å². The van der Waals surface area contributed by atoms with Crippen LogP contribution in [0.25, 0.3) is 0 Å². The van der Waals surface area contributed by atoms with Crippen molar-refractivity contribution in [1.82, 2.24) is 20.3 Å². The van der Waals surface area contributed by atoms with Crippen LogP contribution in [0, 0.1) is 6.92 Å². The molecule has 0 bridgehead atoms. The highest BCUT2D eigenvalue weighted by Gasteiger charge is 2.12. The zero-order chi connectivity index (χ0) is 16.8. The van der Waals surface area contributed by atoms with Crippen molar-refractivity contribution in [3.05, 3.63) is 41.7 Å². The summed E-state index contributed by atoms with van der Waals surface area (Å²) in [4.78, 5) is 22.6. The van der Waals surface area contributed by atoms with E-state index in [9.17, 15) is 9.59 Å². The minimum absolute atomic E-state index is 0.102. The summed E-state index contributed by atoms with van der Waals surface area (Å²) in [7, 11) is 0. The number of hydrogen-bond donors (Lipinski definition) is 2. The molecule has 1 heterocycles. The minimum atomic E-state index is -1.18. The van der Waals surface area contributed by atoms with Gasteiger partial charge in [-0.3, -0.25) is 4.79 Å². The lowest BCUT2D eigenvalue weighted by atomic mass is 10.2. The molecule has 0 saturated heterocycles. The minimum Gasteiger partial charge on any atom is -0.491 e. The molecular weight excluding hydrogens is 300 g/mol. The van der Waals surface area contributed by atoms with Gasteiger partial charge in [0.2, 0.25) is 5.91 Å². The van der Waals surface area contributed by atoms with Crippen LogP contribution in [0.5, 0.6) is 5.75 Å². The molecule has 0 saturated carbocycles. The molecule has 1 unspecified atom stereocenters. The number of carbonyl (C=O) groups is 2. The van der Waals surface area contributed by atoms with Crippen LogP contribution in [-0.2, 0) is 11.3 Å². The normalized spacial score (nSPS) is 11.7. The van der Waals surface area contributed by atoms with Gasteiger partial charge in [0.1, 0.15) is 18.9 Å². The molecule has 8 heteroatoms. The maximum atomic E-state index is 11.9. The molecule has 0 spiro atoms. The number of rotatable bonds is 7. The van der Waals surface area contributed by atoms with Gasteiger partial charge in [0.05, 0.1) is 12.2 Å². The van der Waals surface area contributed by atoms with Crippen molar-refractivity contribution >= 4 is 11.9 Å². The van der Waals surface area contributed by atoms with Crippen LogP contribution in [0.2, 0.25) is 0 Å². The largest absolute Gasteiger partial charge is 0.491 e. The standard InChI is InChI=1S/C15H18N4O4/c1-10-4-3-5-12(6-10)23-9-11(2)16-14(20)8-19-7-13(15(21)22)17-18-19/h3-7,11H,8-9H2,1-2H3,(H,16,20)(H,21,22). The highest BCUT2D eigenvalue weighted by molar-refractivity contribution is 5.84. The maximum Gasteiger partial charge on any atom is 0.358 e. The van der Waals surface area contributed by atoms with Crippen LogP contribution in [0.3, 0.4) is 0 Å². The van der Waals surface area contributed by atoms with Gasteiger partial charge in [0.15, 0.2) is 5.69 Å². The van der Waals surface area contributed by atoms with E-state index >= 15 is 0 Å². The Bertz CT molecular complexity index is 698. The second-order valence-electron chi connectivity index (χ2n) is 5.20. The number of benzene rings is 1. The Morgan fingerprint density at radius 1 is 1.43 bits per heavy atom. The molecule has 1 amide bonds. The number of aromatic carboxylic acids is 1. The Kier molecular flexibility index (Phi) is 5.29. The van der Waals surface area contributed by atoms with Crippen LogP contribution in [-0.4, -0.2) is 44.6 Å². The van der Waals surface area contributed by atoms with Crippen LogP contribution in [0.15, 0.2) is 30.5 Å². The van der Waals surface area contributed by atoms with Gasteiger partial charge in [-0.2, -0.15) is 0 Å².